The van der Waals surface area contributed by atoms with Gasteiger partial charge in [0.25, 0.3) is 0 Å². The van der Waals surface area contributed by atoms with Gasteiger partial charge >= 0.3 is 5.97 Å². The molecular weight excluding hydrogens is 412 g/mol. The summed E-state index contributed by atoms with van der Waals surface area (Å²) < 4.78 is 10.5. The van der Waals surface area contributed by atoms with Gasteiger partial charge in [-0.05, 0) is 29.5 Å². The molecule has 2 rings (SSSR count). The number of carbonyl (C=O) groups excluding carboxylic acids is 1. The number of benzene rings is 2. The lowest BCUT2D eigenvalue weighted by atomic mass is 10.0. The Labute approximate surface area is 188 Å². The molecule has 0 spiro atoms. The van der Waals surface area contributed by atoms with E-state index in [-0.39, 0.29) is 18.9 Å². The van der Waals surface area contributed by atoms with Gasteiger partial charge in [0, 0.05) is 12.5 Å². The summed E-state index contributed by atoms with van der Waals surface area (Å²) in [7, 11) is 3.04. The molecule has 32 heavy (non-hydrogen) atoms. The Balaban J connectivity index is 2.06. The van der Waals surface area contributed by atoms with Crippen LogP contribution in [0.15, 0.2) is 48.5 Å². The highest BCUT2D eigenvalue weighted by atomic mass is 16.6. The van der Waals surface area contributed by atoms with Crippen molar-refractivity contribution in [3.8, 4) is 11.5 Å². The second kappa shape index (κ2) is 12.7. The van der Waals surface area contributed by atoms with Gasteiger partial charge < -0.3 is 19.9 Å². The smallest absolute Gasteiger partial charge is 0.326 e. The number of rotatable bonds is 13. The first-order valence-electron chi connectivity index (χ1n) is 10.5. The monoisotopic (exact) mass is 444 g/mol. The second-order valence-corrected chi connectivity index (χ2v) is 7.86. The molecule has 0 saturated carbocycles. The van der Waals surface area contributed by atoms with Crippen LogP contribution in [0.1, 0.15) is 31.4 Å². The summed E-state index contributed by atoms with van der Waals surface area (Å²) in [5.41, 5.74) is 4.40. The van der Waals surface area contributed by atoms with Crippen LogP contribution < -0.4 is 20.3 Å². The number of carbonyl (C=O) groups is 2. The maximum atomic E-state index is 12.9. The minimum absolute atomic E-state index is 0.0630. The largest absolute Gasteiger partial charge is 0.497 e. The summed E-state index contributed by atoms with van der Waals surface area (Å²) in [5, 5.41) is 12.3. The van der Waals surface area contributed by atoms with Gasteiger partial charge in [0.15, 0.2) is 0 Å². The topological polar surface area (TPSA) is 106 Å². The van der Waals surface area contributed by atoms with Crippen molar-refractivity contribution in [1.82, 2.24) is 10.8 Å². The Morgan fingerprint density at radius 2 is 1.72 bits per heavy atom. The molecule has 0 fully saturated rings. The Morgan fingerprint density at radius 1 is 1.00 bits per heavy atom. The number of carboxylic acids is 1. The first-order chi connectivity index (χ1) is 15.3. The maximum absolute atomic E-state index is 12.9. The lowest BCUT2D eigenvalue weighted by Gasteiger charge is -2.23. The van der Waals surface area contributed by atoms with Crippen LogP contribution in [-0.4, -0.2) is 43.3 Å². The van der Waals surface area contributed by atoms with Crippen molar-refractivity contribution in [2.45, 2.75) is 45.4 Å². The number of ether oxygens (including phenoxy) is 2. The Kier molecular flexibility index (Phi) is 9.97. The normalized spacial score (nSPS) is 12.8. The third-order valence-corrected chi connectivity index (χ3v) is 4.86. The fraction of sp³-hybridized carbons (Fsp3) is 0.417. The van der Waals surface area contributed by atoms with Gasteiger partial charge in [-0.3, -0.25) is 9.63 Å². The third kappa shape index (κ3) is 7.86. The van der Waals surface area contributed by atoms with E-state index in [0.717, 1.165) is 5.56 Å². The molecule has 0 bridgehead atoms. The van der Waals surface area contributed by atoms with E-state index in [2.05, 4.69) is 10.8 Å². The molecular formula is C24H32N2O6. The molecule has 0 radical (unpaired) electrons. The molecule has 0 aliphatic rings. The predicted octanol–water partition coefficient (Wildman–Crippen LogP) is 2.95. The zero-order valence-electron chi connectivity index (χ0n) is 19.0. The van der Waals surface area contributed by atoms with Crippen LogP contribution >= 0.6 is 0 Å². The van der Waals surface area contributed by atoms with Crippen LogP contribution in [0.4, 0.5) is 0 Å². The standard InChI is InChI=1S/C24H32N2O6/c1-16(2)12-20(26-32-15-17-8-6-5-7-9-17)23(27)25-21(24(28)29)13-18-10-11-19(30-3)14-22(18)31-4/h5-11,14,16,20-21,26H,12-13,15H2,1-4H3,(H,25,27)(H,28,29)/t20-,21-/m0/s1. The Morgan fingerprint density at radius 3 is 2.31 bits per heavy atom. The zero-order chi connectivity index (χ0) is 23.5. The molecule has 0 unspecified atom stereocenters. The minimum atomic E-state index is -1.13. The SMILES string of the molecule is COc1ccc(C[C@H](NC(=O)[C@H](CC(C)C)NOCc2ccccc2)C(=O)O)c(OC)c1. The van der Waals surface area contributed by atoms with Gasteiger partial charge in [-0.2, -0.15) is 5.48 Å². The fourth-order valence-corrected chi connectivity index (χ4v) is 3.19. The van der Waals surface area contributed by atoms with Crippen molar-refractivity contribution in [1.29, 1.82) is 0 Å². The second-order valence-electron chi connectivity index (χ2n) is 7.86. The maximum Gasteiger partial charge on any atom is 0.326 e. The van der Waals surface area contributed by atoms with E-state index in [1.807, 2.05) is 44.2 Å². The van der Waals surface area contributed by atoms with E-state index >= 15 is 0 Å². The van der Waals surface area contributed by atoms with Crippen molar-refractivity contribution in [3.05, 3.63) is 59.7 Å². The number of hydrogen-bond acceptors (Lipinski definition) is 6. The molecule has 0 saturated heterocycles. The van der Waals surface area contributed by atoms with Crippen LogP contribution in [0, 0.1) is 5.92 Å². The van der Waals surface area contributed by atoms with E-state index < -0.39 is 24.0 Å². The first-order valence-corrected chi connectivity index (χ1v) is 10.5. The highest BCUT2D eigenvalue weighted by molar-refractivity contribution is 5.87. The van der Waals surface area contributed by atoms with Crippen molar-refractivity contribution in [2.24, 2.45) is 5.92 Å². The van der Waals surface area contributed by atoms with Crippen LogP contribution in [0.5, 0.6) is 11.5 Å². The number of carboxylic acid groups (broad SMARTS) is 1. The number of hydrogen-bond donors (Lipinski definition) is 3. The minimum Gasteiger partial charge on any atom is -0.497 e. The van der Waals surface area contributed by atoms with E-state index in [4.69, 9.17) is 14.3 Å². The summed E-state index contributed by atoms with van der Waals surface area (Å²) in [5.74, 6) is -0.286. The summed E-state index contributed by atoms with van der Waals surface area (Å²) in [6, 6.07) is 12.9. The average Bonchev–Trinajstić information content (AvgIpc) is 2.78. The number of amides is 1. The van der Waals surface area contributed by atoms with Crippen LogP contribution in [0.3, 0.4) is 0 Å². The molecule has 0 aliphatic carbocycles. The molecule has 3 N–H and O–H groups in total. The Hall–Kier alpha value is -3.10. The summed E-state index contributed by atoms with van der Waals surface area (Å²) >= 11 is 0. The lowest BCUT2D eigenvalue weighted by Crippen LogP contribution is -2.51. The lowest BCUT2D eigenvalue weighted by molar-refractivity contribution is -0.143. The van der Waals surface area contributed by atoms with Crippen molar-refractivity contribution in [3.63, 3.8) is 0 Å². The van der Waals surface area contributed by atoms with Gasteiger partial charge in [0.1, 0.15) is 23.6 Å². The summed E-state index contributed by atoms with van der Waals surface area (Å²) in [6.45, 7) is 4.25. The quantitative estimate of drug-likeness (QED) is 0.408. The van der Waals surface area contributed by atoms with Crippen molar-refractivity contribution < 1.29 is 29.0 Å². The van der Waals surface area contributed by atoms with Crippen LogP contribution in [0.25, 0.3) is 0 Å². The molecule has 0 aliphatic heterocycles. The van der Waals surface area contributed by atoms with Gasteiger partial charge in [-0.15, -0.1) is 0 Å². The molecule has 2 aromatic rings. The number of aliphatic carboxylic acids is 1. The predicted molar refractivity (Wildman–Crippen MR) is 120 cm³/mol. The fourth-order valence-electron chi connectivity index (χ4n) is 3.19. The van der Waals surface area contributed by atoms with E-state index in [1.54, 1.807) is 18.2 Å². The molecule has 2 aromatic carbocycles. The number of hydroxylamine groups is 1. The van der Waals surface area contributed by atoms with Gasteiger partial charge in [0.05, 0.1) is 20.8 Å². The average molecular weight is 445 g/mol. The molecule has 1 amide bonds. The number of nitrogens with one attached hydrogen (secondary N) is 2. The van der Waals surface area contributed by atoms with Gasteiger partial charge in [-0.25, -0.2) is 4.79 Å². The highest BCUT2D eigenvalue weighted by Gasteiger charge is 2.27. The molecule has 0 aromatic heterocycles. The van der Waals surface area contributed by atoms with Crippen LogP contribution in [0.2, 0.25) is 0 Å². The molecule has 2 atom stereocenters. The molecule has 174 valence electrons. The number of methoxy groups -OCH3 is 2. The third-order valence-electron chi connectivity index (χ3n) is 4.86. The van der Waals surface area contributed by atoms with Crippen LogP contribution in [-0.2, 0) is 27.5 Å². The zero-order valence-corrected chi connectivity index (χ0v) is 19.0. The summed E-state index contributed by atoms with van der Waals surface area (Å²) in [6.07, 6.45) is 0.548. The first kappa shape index (κ1) is 25.2. The molecule has 0 heterocycles. The van der Waals surface area contributed by atoms with E-state index in [9.17, 15) is 14.7 Å². The van der Waals surface area contributed by atoms with Crippen molar-refractivity contribution in [2.75, 3.05) is 14.2 Å². The molecule has 8 heteroatoms. The van der Waals surface area contributed by atoms with E-state index in [0.29, 0.717) is 23.5 Å². The highest BCUT2D eigenvalue weighted by Crippen LogP contribution is 2.25. The van der Waals surface area contributed by atoms with E-state index in [1.165, 1.54) is 14.2 Å². The van der Waals surface area contributed by atoms with Crippen molar-refractivity contribution >= 4 is 11.9 Å². The Bertz CT molecular complexity index is 872. The van der Waals surface area contributed by atoms with Gasteiger partial charge in [0.2, 0.25) is 5.91 Å². The summed E-state index contributed by atoms with van der Waals surface area (Å²) in [4.78, 5) is 30.3. The molecule has 8 nitrogen and oxygen atoms in total. The van der Waals surface area contributed by atoms with Gasteiger partial charge in [-0.1, -0.05) is 50.2 Å².